The van der Waals surface area contributed by atoms with Gasteiger partial charge in [-0.05, 0) is 55.8 Å². The van der Waals surface area contributed by atoms with Gasteiger partial charge in [0.2, 0.25) is 0 Å². The fourth-order valence-electron chi connectivity index (χ4n) is 3.93. The molecular formula is C22H18F3N5. The SMILES string of the molecule is Cc1ccc(C(F)(F)F)c2cc(CCc3nc4c5cccnc5ccc4n3C)nn12. The number of aromatic nitrogens is 5. The summed E-state index contributed by atoms with van der Waals surface area (Å²) in [7, 11) is 1.95. The minimum atomic E-state index is -4.42. The Balaban J connectivity index is 1.51. The van der Waals surface area contributed by atoms with Crippen molar-refractivity contribution in [2.45, 2.75) is 25.9 Å². The van der Waals surface area contributed by atoms with Gasteiger partial charge in [0.1, 0.15) is 5.82 Å². The molecule has 0 fully saturated rings. The Morgan fingerprint density at radius 2 is 1.83 bits per heavy atom. The molecule has 5 nitrogen and oxygen atoms in total. The van der Waals surface area contributed by atoms with Crippen molar-refractivity contribution < 1.29 is 13.2 Å². The minimum Gasteiger partial charge on any atom is -0.331 e. The molecule has 0 atom stereocenters. The van der Waals surface area contributed by atoms with E-state index in [1.54, 1.807) is 13.1 Å². The van der Waals surface area contributed by atoms with Crippen molar-refractivity contribution in [2.24, 2.45) is 7.05 Å². The molecule has 0 bridgehead atoms. The van der Waals surface area contributed by atoms with E-state index >= 15 is 0 Å². The fraction of sp³-hybridized carbons (Fsp3) is 0.227. The van der Waals surface area contributed by atoms with Crippen LogP contribution in [0.1, 0.15) is 22.8 Å². The molecule has 0 unspecified atom stereocenters. The second-order valence-corrected chi connectivity index (χ2v) is 7.41. The van der Waals surface area contributed by atoms with Crippen molar-refractivity contribution in [3.63, 3.8) is 0 Å². The van der Waals surface area contributed by atoms with Gasteiger partial charge in [-0.2, -0.15) is 18.3 Å². The molecule has 0 radical (unpaired) electrons. The summed E-state index contributed by atoms with van der Waals surface area (Å²) in [6.45, 7) is 1.74. The van der Waals surface area contributed by atoms with E-state index in [4.69, 9.17) is 4.98 Å². The Morgan fingerprint density at radius 1 is 1.00 bits per heavy atom. The highest BCUT2D eigenvalue weighted by molar-refractivity contribution is 6.02. The molecule has 8 heteroatoms. The van der Waals surface area contributed by atoms with Crippen LogP contribution in [0.25, 0.3) is 27.5 Å². The maximum Gasteiger partial charge on any atom is 0.418 e. The van der Waals surface area contributed by atoms with Crippen molar-refractivity contribution in [3.05, 3.63) is 71.4 Å². The summed E-state index contributed by atoms with van der Waals surface area (Å²) in [5.74, 6) is 0.853. The molecule has 0 saturated heterocycles. The first kappa shape index (κ1) is 18.6. The number of pyridine rings is 2. The third-order valence-electron chi connectivity index (χ3n) is 5.50. The molecule has 0 saturated carbocycles. The van der Waals surface area contributed by atoms with E-state index in [9.17, 15) is 13.2 Å². The van der Waals surface area contributed by atoms with Gasteiger partial charge in [-0.3, -0.25) is 4.98 Å². The second-order valence-electron chi connectivity index (χ2n) is 7.41. The first-order valence-electron chi connectivity index (χ1n) is 9.57. The van der Waals surface area contributed by atoms with E-state index in [-0.39, 0.29) is 5.52 Å². The number of benzene rings is 1. The highest BCUT2D eigenvalue weighted by atomic mass is 19.4. The number of hydrogen-bond acceptors (Lipinski definition) is 3. The van der Waals surface area contributed by atoms with Crippen molar-refractivity contribution in [2.75, 3.05) is 0 Å². The van der Waals surface area contributed by atoms with Gasteiger partial charge in [0, 0.05) is 30.7 Å². The summed E-state index contributed by atoms with van der Waals surface area (Å²) in [6, 6.07) is 11.9. The number of fused-ring (bicyclic) bond motifs is 4. The van der Waals surface area contributed by atoms with Gasteiger partial charge in [-0.1, -0.05) is 0 Å². The summed E-state index contributed by atoms with van der Waals surface area (Å²) in [5, 5.41) is 5.39. The van der Waals surface area contributed by atoms with Gasteiger partial charge < -0.3 is 4.57 Å². The average Bonchev–Trinajstić information content (AvgIpc) is 3.28. The molecule has 152 valence electrons. The van der Waals surface area contributed by atoms with Gasteiger partial charge in [0.15, 0.2) is 0 Å². The number of aryl methyl sites for hydroxylation is 4. The van der Waals surface area contributed by atoms with Crippen molar-refractivity contribution in [1.82, 2.24) is 24.1 Å². The van der Waals surface area contributed by atoms with Crippen LogP contribution >= 0.6 is 0 Å². The highest BCUT2D eigenvalue weighted by Gasteiger charge is 2.33. The van der Waals surface area contributed by atoms with E-state index in [1.165, 1.54) is 16.6 Å². The number of hydrogen-bond donors (Lipinski definition) is 0. The van der Waals surface area contributed by atoms with Gasteiger partial charge in [0.05, 0.1) is 33.3 Å². The van der Waals surface area contributed by atoms with Gasteiger partial charge in [-0.25, -0.2) is 9.50 Å². The molecule has 0 aliphatic heterocycles. The van der Waals surface area contributed by atoms with Gasteiger partial charge in [-0.15, -0.1) is 0 Å². The van der Waals surface area contributed by atoms with Crippen molar-refractivity contribution in [1.29, 1.82) is 0 Å². The van der Waals surface area contributed by atoms with Crippen molar-refractivity contribution in [3.8, 4) is 0 Å². The number of rotatable bonds is 3. The maximum absolute atomic E-state index is 13.3. The number of nitrogens with zero attached hydrogens (tertiary/aromatic N) is 5. The predicted octanol–water partition coefficient (Wildman–Crippen LogP) is 4.88. The first-order valence-corrected chi connectivity index (χ1v) is 9.57. The van der Waals surface area contributed by atoms with E-state index in [2.05, 4.69) is 10.1 Å². The Hall–Kier alpha value is -3.42. The molecule has 5 aromatic rings. The Kier molecular flexibility index (Phi) is 4.06. The lowest BCUT2D eigenvalue weighted by atomic mass is 10.1. The zero-order chi connectivity index (χ0) is 21.0. The topological polar surface area (TPSA) is 48.0 Å². The summed E-state index contributed by atoms with van der Waals surface area (Å²) in [5.41, 5.74) is 3.43. The fourth-order valence-corrected chi connectivity index (χ4v) is 3.93. The molecule has 0 aliphatic carbocycles. The van der Waals surface area contributed by atoms with Crippen LogP contribution in [0.4, 0.5) is 13.2 Å². The molecular weight excluding hydrogens is 391 g/mol. The van der Waals surface area contributed by atoms with Crippen LogP contribution in [0.5, 0.6) is 0 Å². The molecule has 0 amide bonds. The van der Waals surface area contributed by atoms with E-state index in [0.29, 0.717) is 24.2 Å². The molecule has 4 heterocycles. The molecule has 0 aliphatic rings. The van der Waals surface area contributed by atoms with Crippen LogP contribution in [0.15, 0.2) is 48.7 Å². The summed E-state index contributed by atoms with van der Waals surface area (Å²) in [6.07, 6.45) is -1.61. The molecule has 4 aromatic heterocycles. The second kappa shape index (κ2) is 6.55. The Bertz CT molecular complexity index is 1410. The number of alkyl halides is 3. The molecule has 0 spiro atoms. The maximum atomic E-state index is 13.3. The van der Waals surface area contributed by atoms with E-state index < -0.39 is 11.7 Å². The zero-order valence-electron chi connectivity index (χ0n) is 16.4. The predicted molar refractivity (Wildman–Crippen MR) is 108 cm³/mol. The first-order chi connectivity index (χ1) is 14.3. The molecule has 5 rings (SSSR count). The van der Waals surface area contributed by atoms with Crippen LogP contribution < -0.4 is 0 Å². The van der Waals surface area contributed by atoms with E-state index in [0.717, 1.165) is 33.8 Å². The standard InChI is InChI=1S/C22H18F3N5/c1-13-5-7-16(22(23,24)25)19-12-14(28-30(13)19)6-10-20-27-21-15-4-3-11-26-17(15)8-9-18(21)29(20)2/h3-5,7-9,11-12H,6,10H2,1-2H3. The van der Waals surface area contributed by atoms with Gasteiger partial charge >= 0.3 is 6.18 Å². The van der Waals surface area contributed by atoms with Crippen molar-refractivity contribution >= 4 is 27.5 Å². The van der Waals surface area contributed by atoms with Gasteiger partial charge in [0.25, 0.3) is 0 Å². The average molecular weight is 409 g/mol. The lowest BCUT2D eigenvalue weighted by molar-refractivity contribution is -0.136. The Morgan fingerprint density at radius 3 is 2.63 bits per heavy atom. The van der Waals surface area contributed by atoms with Crippen LogP contribution in [-0.4, -0.2) is 24.1 Å². The van der Waals surface area contributed by atoms with Crippen LogP contribution in [0, 0.1) is 6.92 Å². The summed E-state index contributed by atoms with van der Waals surface area (Å²) < 4.78 is 43.4. The largest absolute Gasteiger partial charge is 0.418 e. The monoisotopic (exact) mass is 409 g/mol. The minimum absolute atomic E-state index is 0.0829. The van der Waals surface area contributed by atoms with Crippen LogP contribution in [0.3, 0.4) is 0 Å². The third kappa shape index (κ3) is 2.91. The number of halogens is 3. The van der Waals surface area contributed by atoms with E-state index in [1.807, 2.05) is 35.9 Å². The van der Waals surface area contributed by atoms with Crippen LogP contribution in [-0.2, 0) is 26.1 Å². The normalized spacial score (nSPS) is 12.4. The number of imidazole rings is 1. The summed E-state index contributed by atoms with van der Waals surface area (Å²) in [4.78, 5) is 9.16. The zero-order valence-corrected chi connectivity index (χ0v) is 16.4. The molecule has 30 heavy (non-hydrogen) atoms. The third-order valence-corrected chi connectivity index (χ3v) is 5.50. The highest BCUT2D eigenvalue weighted by Crippen LogP contribution is 2.33. The summed E-state index contributed by atoms with van der Waals surface area (Å²) >= 11 is 0. The molecule has 1 aromatic carbocycles. The smallest absolute Gasteiger partial charge is 0.331 e. The quantitative estimate of drug-likeness (QED) is 0.427. The Labute approximate surface area is 169 Å². The molecule has 0 N–H and O–H groups in total. The van der Waals surface area contributed by atoms with Crippen LogP contribution in [0.2, 0.25) is 0 Å². The lowest BCUT2D eigenvalue weighted by Gasteiger charge is -2.09. The lowest BCUT2D eigenvalue weighted by Crippen LogP contribution is -2.08.